The summed E-state index contributed by atoms with van der Waals surface area (Å²) in [5.74, 6) is 1.29. The van der Waals surface area contributed by atoms with Crippen molar-refractivity contribution in [3.05, 3.63) is 182 Å². The summed E-state index contributed by atoms with van der Waals surface area (Å²) in [6, 6.07) is 63.7. The minimum Gasteiger partial charge on any atom is -0.227 e. The molecular formula is C50H30N4S2. The van der Waals surface area contributed by atoms with Gasteiger partial charge in [-0.25, -0.2) is 19.9 Å². The molecule has 0 spiro atoms. The molecule has 0 aliphatic carbocycles. The smallest absolute Gasteiger partial charge is 0.162 e. The van der Waals surface area contributed by atoms with E-state index in [1.807, 2.05) is 0 Å². The van der Waals surface area contributed by atoms with E-state index >= 15 is 0 Å². The monoisotopic (exact) mass is 750 g/mol. The molecule has 262 valence electrons. The number of fused-ring (bicyclic) bond motifs is 6. The molecule has 0 N–H and O–H groups in total. The van der Waals surface area contributed by atoms with E-state index in [9.17, 15) is 0 Å². The van der Waals surface area contributed by atoms with Crippen molar-refractivity contribution in [1.29, 1.82) is 0 Å². The fourth-order valence-corrected chi connectivity index (χ4v) is 9.88. The van der Waals surface area contributed by atoms with Crippen molar-refractivity contribution in [1.82, 2.24) is 19.9 Å². The van der Waals surface area contributed by atoms with Crippen LogP contribution in [0.1, 0.15) is 0 Å². The van der Waals surface area contributed by atoms with E-state index in [0.29, 0.717) is 11.6 Å². The van der Waals surface area contributed by atoms with Crippen LogP contribution in [-0.4, -0.2) is 19.9 Å². The van der Waals surface area contributed by atoms with Gasteiger partial charge in [-0.2, -0.15) is 0 Å². The molecule has 4 nitrogen and oxygen atoms in total. The van der Waals surface area contributed by atoms with E-state index in [-0.39, 0.29) is 0 Å². The largest absolute Gasteiger partial charge is 0.227 e. The molecule has 0 amide bonds. The highest BCUT2D eigenvalue weighted by Crippen LogP contribution is 2.43. The van der Waals surface area contributed by atoms with Crippen molar-refractivity contribution < 1.29 is 0 Å². The molecule has 56 heavy (non-hydrogen) atoms. The van der Waals surface area contributed by atoms with Crippen molar-refractivity contribution in [2.24, 2.45) is 0 Å². The predicted molar refractivity (Wildman–Crippen MR) is 236 cm³/mol. The second-order valence-corrected chi connectivity index (χ2v) is 15.8. The van der Waals surface area contributed by atoms with Crippen molar-refractivity contribution in [3.63, 3.8) is 0 Å². The molecule has 11 rings (SSSR count). The van der Waals surface area contributed by atoms with E-state index < -0.39 is 0 Å². The number of nitrogens with zero attached hydrogens (tertiary/aromatic N) is 4. The topological polar surface area (TPSA) is 51.6 Å². The van der Waals surface area contributed by atoms with Gasteiger partial charge in [0.1, 0.15) is 9.66 Å². The van der Waals surface area contributed by atoms with Crippen molar-refractivity contribution in [2.45, 2.75) is 0 Å². The van der Waals surface area contributed by atoms with Gasteiger partial charge >= 0.3 is 0 Å². The van der Waals surface area contributed by atoms with Crippen LogP contribution in [-0.2, 0) is 0 Å². The maximum Gasteiger partial charge on any atom is 0.162 e. The Hall–Kier alpha value is -6.86. The number of thiophene rings is 2. The Bertz CT molecular complexity index is 3040. The molecule has 0 atom stereocenters. The molecule has 0 fully saturated rings. The van der Waals surface area contributed by atoms with E-state index in [1.165, 1.54) is 20.5 Å². The lowest BCUT2D eigenvalue weighted by Crippen LogP contribution is -1.99. The predicted octanol–water partition coefficient (Wildman–Crippen LogP) is 14.0. The molecule has 0 aliphatic rings. The molecule has 4 aromatic heterocycles. The summed E-state index contributed by atoms with van der Waals surface area (Å²) in [6.45, 7) is 0. The number of hydrogen-bond acceptors (Lipinski definition) is 6. The molecular weight excluding hydrogens is 721 g/mol. The third kappa shape index (κ3) is 5.58. The highest BCUT2D eigenvalue weighted by molar-refractivity contribution is 7.26. The molecule has 0 saturated carbocycles. The van der Waals surface area contributed by atoms with Crippen LogP contribution in [0.2, 0.25) is 0 Å². The average molecular weight is 751 g/mol. The lowest BCUT2D eigenvalue weighted by Gasteiger charge is -2.13. The second-order valence-electron chi connectivity index (χ2n) is 13.8. The molecule has 0 unspecified atom stereocenters. The van der Waals surface area contributed by atoms with Crippen molar-refractivity contribution in [3.8, 4) is 67.5 Å². The zero-order valence-electron chi connectivity index (χ0n) is 29.9. The summed E-state index contributed by atoms with van der Waals surface area (Å²) in [5.41, 5.74) is 10.3. The van der Waals surface area contributed by atoms with E-state index in [0.717, 1.165) is 76.0 Å². The molecule has 6 heteroatoms. The quantitative estimate of drug-likeness (QED) is 0.170. The van der Waals surface area contributed by atoms with Gasteiger partial charge < -0.3 is 0 Å². The van der Waals surface area contributed by atoms with Gasteiger partial charge in [-0.3, -0.25) is 0 Å². The summed E-state index contributed by atoms with van der Waals surface area (Å²) >= 11 is 3.41. The number of aromatic nitrogens is 4. The van der Waals surface area contributed by atoms with Gasteiger partial charge in [-0.05, 0) is 46.5 Å². The fraction of sp³-hybridized carbons (Fsp3) is 0. The van der Waals surface area contributed by atoms with Crippen LogP contribution in [0, 0.1) is 0 Å². The Morgan fingerprint density at radius 3 is 1.14 bits per heavy atom. The first-order valence-corrected chi connectivity index (χ1v) is 20.2. The molecule has 11 aromatic rings. The summed E-state index contributed by atoms with van der Waals surface area (Å²) in [6.07, 6.45) is 0. The van der Waals surface area contributed by atoms with Crippen LogP contribution in [0.4, 0.5) is 0 Å². The normalized spacial score (nSPS) is 11.6. The molecule has 0 radical (unpaired) electrons. The van der Waals surface area contributed by atoms with Gasteiger partial charge in [0.05, 0.1) is 11.4 Å². The zero-order valence-corrected chi connectivity index (χ0v) is 31.6. The summed E-state index contributed by atoms with van der Waals surface area (Å²) in [4.78, 5) is 23.4. The SMILES string of the molecule is c1ccc(-c2cccc(-c3nc(-c4ccccc4-c4nc(-c5cccc(-c6ccccc6)c5)c5c(n4)sc4ccccc45)nc4sc5ccccc5c34)c2)cc1. The number of benzene rings is 7. The fourth-order valence-electron chi connectivity index (χ4n) is 7.73. The lowest BCUT2D eigenvalue weighted by molar-refractivity contribution is 1.21. The van der Waals surface area contributed by atoms with Gasteiger partial charge in [0.25, 0.3) is 0 Å². The van der Waals surface area contributed by atoms with Gasteiger partial charge in [-0.15, -0.1) is 22.7 Å². The van der Waals surface area contributed by atoms with Gasteiger partial charge in [0.2, 0.25) is 0 Å². The van der Waals surface area contributed by atoms with Crippen LogP contribution < -0.4 is 0 Å². The van der Waals surface area contributed by atoms with Gasteiger partial charge in [0, 0.05) is 53.2 Å². The highest BCUT2D eigenvalue weighted by Gasteiger charge is 2.22. The summed E-state index contributed by atoms with van der Waals surface area (Å²) < 4.78 is 2.37. The van der Waals surface area contributed by atoms with Crippen molar-refractivity contribution in [2.75, 3.05) is 0 Å². The van der Waals surface area contributed by atoms with Crippen LogP contribution in [0.3, 0.4) is 0 Å². The summed E-state index contributed by atoms with van der Waals surface area (Å²) in [5, 5.41) is 4.46. The summed E-state index contributed by atoms with van der Waals surface area (Å²) in [7, 11) is 0. The first kappa shape index (κ1) is 32.6. The van der Waals surface area contributed by atoms with Gasteiger partial charge in [0.15, 0.2) is 11.6 Å². The maximum atomic E-state index is 5.45. The molecule has 7 aromatic carbocycles. The maximum absolute atomic E-state index is 5.45. The minimum atomic E-state index is 0.646. The third-order valence-corrected chi connectivity index (χ3v) is 12.5. The van der Waals surface area contributed by atoms with Crippen LogP contribution in [0.15, 0.2) is 182 Å². The first-order valence-electron chi connectivity index (χ1n) is 18.6. The van der Waals surface area contributed by atoms with E-state index in [1.54, 1.807) is 22.7 Å². The van der Waals surface area contributed by atoms with Crippen LogP contribution >= 0.6 is 22.7 Å². The Morgan fingerprint density at radius 1 is 0.304 bits per heavy atom. The van der Waals surface area contributed by atoms with Crippen LogP contribution in [0.25, 0.3) is 108 Å². The average Bonchev–Trinajstić information content (AvgIpc) is 3.85. The molecule has 0 aliphatic heterocycles. The van der Waals surface area contributed by atoms with Crippen LogP contribution in [0.5, 0.6) is 0 Å². The number of hydrogen-bond donors (Lipinski definition) is 0. The molecule has 0 saturated heterocycles. The standard InChI is InChI=1S/C50H30N4S2/c1-3-15-31(16-4-1)33-19-13-21-35(29-33)45-43-39-25-9-11-27-41(39)55-49(43)53-47(51-45)37-23-7-8-24-38(37)48-52-46(44-40-26-10-12-28-42(40)56-50(44)54-48)36-22-14-20-34(30-36)32-17-5-2-6-18-32/h1-30H. The van der Waals surface area contributed by atoms with Crippen molar-refractivity contribution >= 4 is 63.3 Å². The van der Waals surface area contributed by atoms with E-state index in [4.69, 9.17) is 19.9 Å². The second kappa shape index (κ2) is 13.5. The minimum absolute atomic E-state index is 0.646. The molecule has 4 heterocycles. The Morgan fingerprint density at radius 2 is 0.679 bits per heavy atom. The Kier molecular flexibility index (Phi) is 7.83. The lowest BCUT2D eigenvalue weighted by atomic mass is 9.99. The van der Waals surface area contributed by atoms with Gasteiger partial charge in [-0.1, -0.05) is 158 Å². The van der Waals surface area contributed by atoms with E-state index in [2.05, 4.69) is 182 Å². The first-order chi connectivity index (χ1) is 27.7. The zero-order chi connectivity index (χ0) is 37.0. The highest BCUT2D eigenvalue weighted by atomic mass is 32.1. The Labute approximate surface area is 331 Å². The third-order valence-electron chi connectivity index (χ3n) is 10.4. The molecule has 0 bridgehead atoms. The Balaban J connectivity index is 1.14. The number of rotatable bonds is 6.